The van der Waals surface area contributed by atoms with Gasteiger partial charge in [-0.3, -0.25) is 4.90 Å². The minimum Gasteiger partial charge on any atom is -0.508 e. The summed E-state index contributed by atoms with van der Waals surface area (Å²) in [7, 11) is 0. The number of fused-ring (bicyclic) bond motifs is 6. The van der Waals surface area contributed by atoms with Crippen LogP contribution in [0.4, 0.5) is 19.0 Å². The average molecular weight is 654 g/mol. The Morgan fingerprint density at radius 1 is 0.957 bits per heavy atom. The van der Waals surface area contributed by atoms with Gasteiger partial charge in [-0.1, -0.05) is 35.9 Å². The summed E-state index contributed by atoms with van der Waals surface area (Å²) in [4.78, 5) is 13.5. The number of phenols is 1. The van der Waals surface area contributed by atoms with Gasteiger partial charge in [-0.05, 0) is 66.3 Å². The predicted molar refractivity (Wildman–Crippen MR) is 171 cm³/mol. The normalized spacial score (nSPS) is 25.4. The highest BCUT2D eigenvalue weighted by atomic mass is 35.5. The molecule has 3 aromatic carbocycles. The van der Waals surface area contributed by atoms with Crippen molar-refractivity contribution in [2.24, 2.45) is 5.92 Å². The van der Waals surface area contributed by atoms with Gasteiger partial charge in [0, 0.05) is 59.8 Å². The molecule has 2 N–H and O–H groups in total. The zero-order valence-corrected chi connectivity index (χ0v) is 25.9. The number of halogens is 4. The van der Waals surface area contributed by atoms with E-state index in [2.05, 4.69) is 15.2 Å². The number of ether oxygens (including phenoxy) is 2. The first-order chi connectivity index (χ1) is 22.2. The molecule has 0 saturated carbocycles. The number of rotatable bonds is 7. The first kappa shape index (κ1) is 30.0. The van der Waals surface area contributed by atoms with Gasteiger partial charge in [-0.25, -0.2) is 0 Å². The molecular weight excluding hydrogens is 619 g/mol. The van der Waals surface area contributed by atoms with Crippen molar-refractivity contribution in [3.63, 3.8) is 0 Å². The van der Waals surface area contributed by atoms with Crippen LogP contribution < -0.4 is 15.0 Å². The summed E-state index contributed by atoms with van der Waals surface area (Å²) >= 11 is 6.95. The van der Waals surface area contributed by atoms with E-state index in [-0.39, 0.29) is 30.4 Å². The fourth-order valence-electron chi connectivity index (χ4n) is 7.80. The number of hydrogen-bond acceptors (Lipinski definition) is 8. The Morgan fingerprint density at radius 3 is 2.43 bits per heavy atom. The van der Waals surface area contributed by atoms with Crippen LogP contribution in [0.25, 0.3) is 32.8 Å². The quantitative estimate of drug-likeness (QED) is 0.245. The fraction of sp³-hybridized carbons (Fsp3) is 0.471. The number of morpholine rings is 1. The molecule has 4 aliphatic rings. The lowest BCUT2D eigenvalue weighted by Crippen LogP contribution is -2.51. The molecule has 0 radical (unpaired) electrons. The predicted octanol–water partition coefficient (Wildman–Crippen LogP) is 6.17. The summed E-state index contributed by atoms with van der Waals surface area (Å²) in [5.74, 6) is -1.01. The fourth-order valence-corrected chi connectivity index (χ4v) is 8.07. The lowest BCUT2D eigenvalue weighted by Gasteiger charge is -2.37. The minimum atomic E-state index is -4.45. The van der Waals surface area contributed by atoms with E-state index in [0.29, 0.717) is 65.7 Å². The second-order valence-corrected chi connectivity index (χ2v) is 13.5. The Bertz CT molecular complexity index is 1760. The Labute approximate surface area is 269 Å². The summed E-state index contributed by atoms with van der Waals surface area (Å²) in [6.45, 7) is 1.62. The summed E-state index contributed by atoms with van der Waals surface area (Å²) in [6, 6.07) is 15.2. The molecule has 1 aromatic heterocycles. The largest absolute Gasteiger partial charge is 0.508 e. The standard InChI is InChI=1S/C34H35ClF3N5O3/c35-30-11-29-31(12-28(30)27-10-25(44)9-19-3-1-2-4-26(19)27)40-33(41-32(29)42-14-21-5-6-22(15-42)39-21)46-16-20(34(36,37)38)13-43-23-7-8-24(43)18-45-17-23/h1-4,9-12,20-24,39,44H,5-8,13-18H2. The molecule has 4 bridgehead atoms. The van der Waals surface area contributed by atoms with Crippen molar-refractivity contribution in [3.05, 3.63) is 53.6 Å². The maximum atomic E-state index is 14.4. The highest BCUT2D eigenvalue weighted by molar-refractivity contribution is 6.35. The van der Waals surface area contributed by atoms with E-state index in [9.17, 15) is 18.3 Å². The van der Waals surface area contributed by atoms with Gasteiger partial charge >= 0.3 is 12.2 Å². The number of aromatic nitrogens is 2. The highest BCUT2D eigenvalue weighted by Crippen LogP contribution is 2.41. The molecule has 5 atom stereocenters. The first-order valence-corrected chi connectivity index (χ1v) is 16.3. The molecule has 5 unspecified atom stereocenters. The molecule has 242 valence electrons. The van der Waals surface area contributed by atoms with Crippen LogP contribution in [-0.4, -0.2) is 89.8 Å². The van der Waals surface area contributed by atoms with Crippen LogP contribution in [0.1, 0.15) is 25.7 Å². The van der Waals surface area contributed by atoms with Crippen molar-refractivity contribution in [3.8, 4) is 22.9 Å². The van der Waals surface area contributed by atoms with Crippen LogP contribution in [-0.2, 0) is 4.74 Å². The van der Waals surface area contributed by atoms with Gasteiger partial charge in [0.2, 0.25) is 0 Å². The number of aromatic hydroxyl groups is 1. The van der Waals surface area contributed by atoms with Crippen LogP contribution >= 0.6 is 11.6 Å². The van der Waals surface area contributed by atoms with Crippen LogP contribution in [0.3, 0.4) is 0 Å². The number of nitrogens with one attached hydrogen (secondary N) is 1. The second-order valence-electron chi connectivity index (χ2n) is 13.1. The van der Waals surface area contributed by atoms with E-state index >= 15 is 0 Å². The highest BCUT2D eigenvalue weighted by Gasteiger charge is 2.46. The van der Waals surface area contributed by atoms with Gasteiger partial charge in [0.05, 0.1) is 18.7 Å². The van der Waals surface area contributed by atoms with E-state index in [4.69, 9.17) is 26.1 Å². The first-order valence-electron chi connectivity index (χ1n) is 16.0. The second kappa shape index (κ2) is 11.7. The van der Waals surface area contributed by atoms with Gasteiger partial charge in [0.1, 0.15) is 24.1 Å². The molecule has 8 nitrogen and oxygen atoms in total. The summed E-state index contributed by atoms with van der Waals surface area (Å²) in [6.07, 6.45) is -0.648. The molecule has 0 amide bonds. The average Bonchev–Trinajstić information content (AvgIpc) is 3.47. The maximum Gasteiger partial charge on any atom is 0.396 e. The van der Waals surface area contributed by atoms with Crippen LogP contribution in [0.15, 0.2) is 48.5 Å². The molecule has 0 aliphatic carbocycles. The molecule has 0 spiro atoms. The van der Waals surface area contributed by atoms with Crippen molar-refractivity contribution in [2.75, 3.05) is 44.4 Å². The molecule has 12 heteroatoms. The molecule has 4 fully saturated rings. The summed E-state index contributed by atoms with van der Waals surface area (Å²) in [5, 5.41) is 17.1. The van der Waals surface area contributed by atoms with E-state index in [1.807, 2.05) is 41.3 Å². The SMILES string of the molecule is Oc1cc(-c2cc3nc(OCC(CN4C5CCC4COC5)C(F)(F)F)nc(N4CC5CCC(C4)N5)c3cc2Cl)c2ccccc2c1. The number of phenolic OH excluding ortho intramolecular Hbond substituents is 1. The van der Waals surface area contributed by atoms with E-state index < -0.39 is 18.7 Å². The van der Waals surface area contributed by atoms with Crippen molar-refractivity contribution in [1.29, 1.82) is 0 Å². The number of anilines is 1. The molecule has 4 aliphatic heterocycles. The molecule has 46 heavy (non-hydrogen) atoms. The van der Waals surface area contributed by atoms with Crippen molar-refractivity contribution < 1.29 is 27.8 Å². The molecular formula is C34H35ClF3N5O3. The Morgan fingerprint density at radius 2 is 1.70 bits per heavy atom. The van der Waals surface area contributed by atoms with Crippen molar-refractivity contribution >= 4 is 39.1 Å². The third-order valence-corrected chi connectivity index (χ3v) is 10.4. The van der Waals surface area contributed by atoms with Crippen LogP contribution in [0, 0.1) is 5.92 Å². The number of hydrogen-bond donors (Lipinski definition) is 2. The topological polar surface area (TPSA) is 83.0 Å². The monoisotopic (exact) mass is 653 g/mol. The van der Waals surface area contributed by atoms with Crippen LogP contribution in [0.2, 0.25) is 5.02 Å². The van der Waals surface area contributed by atoms with E-state index in [0.717, 1.165) is 42.0 Å². The van der Waals surface area contributed by atoms with Crippen molar-refractivity contribution in [2.45, 2.75) is 56.0 Å². The number of alkyl halides is 3. The van der Waals surface area contributed by atoms with Crippen molar-refractivity contribution in [1.82, 2.24) is 20.2 Å². The molecule has 4 aromatic rings. The van der Waals surface area contributed by atoms with E-state index in [1.54, 1.807) is 12.1 Å². The van der Waals surface area contributed by atoms with E-state index in [1.165, 1.54) is 0 Å². The Balaban J connectivity index is 1.18. The van der Waals surface area contributed by atoms with Gasteiger partial charge in [0.15, 0.2) is 0 Å². The number of nitrogens with zero attached hydrogens (tertiary/aromatic N) is 4. The Kier molecular flexibility index (Phi) is 7.63. The minimum absolute atomic E-state index is 0.00637. The third-order valence-electron chi connectivity index (χ3n) is 10.1. The van der Waals surface area contributed by atoms with Crippen LogP contribution in [0.5, 0.6) is 11.8 Å². The zero-order valence-electron chi connectivity index (χ0n) is 25.1. The molecule has 5 heterocycles. The Hall–Kier alpha value is -3.38. The lowest BCUT2D eigenvalue weighted by atomic mass is 9.96. The lowest BCUT2D eigenvalue weighted by molar-refractivity contribution is -0.191. The molecule has 4 saturated heterocycles. The van der Waals surface area contributed by atoms with Gasteiger partial charge in [0.25, 0.3) is 0 Å². The maximum absolute atomic E-state index is 14.4. The van der Waals surface area contributed by atoms with Gasteiger partial charge in [-0.2, -0.15) is 23.1 Å². The third kappa shape index (κ3) is 5.61. The van der Waals surface area contributed by atoms with Gasteiger partial charge < -0.3 is 24.8 Å². The summed E-state index contributed by atoms with van der Waals surface area (Å²) in [5.41, 5.74) is 1.88. The zero-order chi connectivity index (χ0) is 31.6. The number of piperazine rings is 1. The summed E-state index contributed by atoms with van der Waals surface area (Å²) < 4.78 is 54.6. The smallest absolute Gasteiger partial charge is 0.396 e. The molecule has 8 rings (SSSR count). The van der Waals surface area contributed by atoms with Gasteiger partial charge in [-0.15, -0.1) is 0 Å². The number of benzene rings is 3.